The monoisotopic (exact) mass is 427 g/mol. The van der Waals surface area contributed by atoms with Crippen LogP contribution in [0, 0.1) is 0 Å². The summed E-state index contributed by atoms with van der Waals surface area (Å²) in [7, 11) is 0. The first-order valence-electron chi connectivity index (χ1n) is 11.4. The SMILES string of the molecule is O=c1oc2ccccc2n1CCCN1CCN(C(c2ccccc2)c2ccccc2)CC1. The molecule has 4 aromatic rings. The molecule has 5 rings (SSSR count). The molecule has 0 spiro atoms. The number of para-hydroxylation sites is 2. The Morgan fingerprint density at radius 2 is 1.31 bits per heavy atom. The van der Waals surface area contributed by atoms with Gasteiger partial charge in [-0.05, 0) is 36.2 Å². The Morgan fingerprint density at radius 3 is 1.97 bits per heavy atom. The fraction of sp³-hybridized carbons (Fsp3) is 0.296. The van der Waals surface area contributed by atoms with Crippen LogP contribution in [0.3, 0.4) is 0 Å². The molecule has 0 aliphatic carbocycles. The van der Waals surface area contributed by atoms with Crippen molar-refractivity contribution in [3.05, 3.63) is 107 Å². The maximum absolute atomic E-state index is 12.2. The smallest absolute Gasteiger partial charge is 0.408 e. The molecule has 1 aromatic heterocycles. The summed E-state index contributed by atoms with van der Waals surface area (Å²) in [6, 6.07) is 29.5. The van der Waals surface area contributed by atoms with Gasteiger partial charge in [-0.2, -0.15) is 0 Å². The second kappa shape index (κ2) is 9.55. The molecule has 3 aromatic carbocycles. The van der Waals surface area contributed by atoms with Crippen molar-refractivity contribution in [2.24, 2.45) is 0 Å². The molecular formula is C27H29N3O2. The van der Waals surface area contributed by atoms with E-state index in [4.69, 9.17) is 4.42 Å². The zero-order chi connectivity index (χ0) is 21.8. The average molecular weight is 428 g/mol. The Kier molecular flexibility index (Phi) is 6.19. The Bertz CT molecular complexity index is 1150. The molecule has 0 saturated carbocycles. The summed E-state index contributed by atoms with van der Waals surface area (Å²) in [5.74, 6) is -0.260. The van der Waals surface area contributed by atoms with Crippen molar-refractivity contribution in [1.29, 1.82) is 0 Å². The van der Waals surface area contributed by atoms with E-state index in [1.54, 1.807) is 4.57 Å². The first-order valence-corrected chi connectivity index (χ1v) is 11.4. The van der Waals surface area contributed by atoms with Gasteiger partial charge in [-0.3, -0.25) is 9.47 Å². The van der Waals surface area contributed by atoms with E-state index in [0.29, 0.717) is 12.1 Å². The maximum Gasteiger partial charge on any atom is 0.419 e. The number of oxazole rings is 1. The van der Waals surface area contributed by atoms with Gasteiger partial charge in [0.1, 0.15) is 0 Å². The lowest BCUT2D eigenvalue weighted by molar-refractivity contribution is 0.107. The molecule has 0 unspecified atom stereocenters. The van der Waals surface area contributed by atoms with E-state index in [-0.39, 0.29) is 11.8 Å². The van der Waals surface area contributed by atoms with E-state index in [1.165, 1.54) is 11.1 Å². The second-order valence-electron chi connectivity index (χ2n) is 8.44. The van der Waals surface area contributed by atoms with Crippen LogP contribution in [0.2, 0.25) is 0 Å². The van der Waals surface area contributed by atoms with Gasteiger partial charge in [0.2, 0.25) is 0 Å². The molecule has 1 saturated heterocycles. The van der Waals surface area contributed by atoms with Gasteiger partial charge < -0.3 is 9.32 Å². The minimum absolute atomic E-state index is 0.260. The molecule has 1 aliphatic rings. The standard InChI is InChI=1S/C27H29N3O2/c31-27-30(24-14-7-8-15-25(24)32-27)17-9-16-28-18-20-29(21-19-28)26(22-10-3-1-4-11-22)23-12-5-2-6-13-23/h1-8,10-15,26H,9,16-21H2. The fourth-order valence-corrected chi connectivity index (χ4v) is 4.81. The van der Waals surface area contributed by atoms with Crippen LogP contribution in [0.4, 0.5) is 0 Å². The van der Waals surface area contributed by atoms with Gasteiger partial charge in [-0.1, -0.05) is 72.8 Å². The molecule has 32 heavy (non-hydrogen) atoms. The van der Waals surface area contributed by atoms with Crippen LogP contribution < -0.4 is 5.76 Å². The average Bonchev–Trinajstić information content (AvgIpc) is 3.17. The molecule has 2 heterocycles. The van der Waals surface area contributed by atoms with E-state index in [2.05, 4.69) is 70.5 Å². The van der Waals surface area contributed by atoms with Gasteiger partial charge >= 0.3 is 5.76 Å². The topological polar surface area (TPSA) is 41.6 Å². The molecule has 1 aliphatic heterocycles. The predicted molar refractivity (Wildman–Crippen MR) is 128 cm³/mol. The summed E-state index contributed by atoms with van der Waals surface area (Å²) in [6.45, 7) is 5.81. The van der Waals surface area contributed by atoms with E-state index >= 15 is 0 Å². The number of aromatic nitrogens is 1. The minimum atomic E-state index is -0.260. The van der Waals surface area contributed by atoms with Gasteiger partial charge in [0, 0.05) is 32.7 Å². The highest BCUT2D eigenvalue weighted by Gasteiger charge is 2.26. The van der Waals surface area contributed by atoms with Crippen LogP contribution in [0.1, 0.15) is 23.6 Å². The third kappa shape index (κ3) is 4.40. The van der Waals surface area contributed by atoms with Crippen molar-refractivity contribution in [2.45, 2.75) is 19.0 Å². The summed E-state index contributed by atoms with van der Waals surface area (Å²) in [5, 5.41) is 0. The number of hydrogen-bond donors (Lipinski definition) is 0. The van der Waals surface area contributed by atoms with Gasteiger partial charge in [-0.25, -0.2) is 4.79 Å². The molecule has 0 radical (unpaired) electrons. The summed E-state index contributed by atoms with van der Waals surface area (Å²) < 4.78 is 7.11. The Labute approximate surface area is 188 Å². The van der Waals surface area contributed by atoms with Crippen LogP contribution in [0.25, 0.3) is 11.1 Å². The van der Waals surface area contributed by atoms with E-state index < -0.39 is 0 Å². The number of fused-ring (bicyclic) bond motifs is 1. The summed E-state index contributed by atoms with van der Waals surface area (Å²) in [4.78, 5) is 17.3. The lowest BCUT2D eigenvalue weighted by Gasteiger charge is -2.39. The van der Waals surface area contributed by atoms with Gasteiger partial charge in [0.25, 0.3) is 0 Å². The Morgan fingerprint density at radius 1 is 0.719 bits per heavy atom. The maximum atomic E-state index is 12.2. The lowest BCUT2D eigenvalue weighted by atomic mass is 9.96. The third-order valence-corrected chi connectivity index (χ3v) is 6.43. The quantitative estimate of drug-likeness (QED) is 0.439. The number of nitrogens with zero attached hydrogens (tertiary/aromatic N) is 3. The highest BCUT2D eigenvalue weighted by Crippen LogP contribution is 2.29. The van der Waals surface area contributed by atoms with Crippen molar-refractivity contribution in [3.8, 4) is 0 Å². The van der Waals surface area contributed by atoms with Crippen molar-refractivity contribution < 1.29 is 4.42 Å². The molecule has 0 atom stereocenters. The summed E-state index contributed by atoms with van der Waals surface area (Å²) >= 11 is 0. The predicted octanol–water partition coefficient (Wildman–Crippen LogP) is 4.39. The van der Waals surface area contributed by atoms with Crippen LogP contribution in [0.15, 0.2) is 94.1 Å². The molecular weight excluding hydrogens is 398 g/mol. The molecule has 0 bridgehead atoms. The Balaban J connectivity index is 1.20. The molecule has 1 fully saturated rings. The highest BCUT2D eigenvalue weighted by molar-refractivity contribution is 5.72. The molecule has 5 nitrogen and oxygen atoms in total. The van der Waals surface area contributed by atoms with Gasteiger partial charge in [0.15, 0.2) is 5.58 Å². The molecule has 164 valence electrons. The minimum Gasteiger partial charge on any atom is -0.408 e. The van der Waals surface area contributed by atoms with Crippen LogP contribution in [-0.4, -0.2) is 47.1 Å². The second-order valence-corrected chi connectivity index (χ2v) is 8.44. The first-order chi connectivity index (χ1) is 15.8. The largest absolute Gasteiger partial charge is 0.419 e. The molecule has 5 heteroatoms. The fourth-order valence-electron chi connectivity index (χ4n) is 4.81. The zero-order valence-electron chi connectivity index (χ0n) is 18.3. The Hall–Kier alpha value is -3.15. The van der Waals surface area contributed by atoms with Crippen molar-refractivity contribution in [1.82, 2.24) is 14.4 Å². The normalized spacial score (nSPS) is 15.5. The van der Waals surface area contributed by atoms with E-state index in [0.717, 1.165) is 44.7 Å². The van der Waals surface area contributed by atoms with Crippen LogP contribution in [0.5, 0.6) is 0 Å². The number of rotatable bonds is 7. The summed E-state index contributed by atoms with van der Waals surface area (Å²) in [6.07, 6.45) is 0.935. The number of piperazine rings is 1. The van der Waals surface area contributed by atoms with Crippen LogP contribution >= 0.6 is 0 Å². The molecule has 0 amide bonds. The van der Waals surface area contributed by atoms with Gasteiger partial charge in [-0.15, -0.1) is 0 Å². The number of benzene rings is 3. The van der Waals surface area contributed by atoms with Crippen molar-refractivity contribution in [3.63, 3.8) is 0 Å². The number of aryl methyl sites for hydroxylation is 1. The lowest BCUT2D eigenvalue weighted by Crippen LogP contribution is -2.48. The molecule has 0 N–H and O–H groups in total. The number of hydrogen-bond acceptors (Lipinski definition) is 4. The third-order valence-electron chi connectivity index (χ3n) is 6.43. The van der Waals surface area contributed by atoms with Crippen molar-refractivity contribution >= 4 is 11.1 Å². The van der Waals surface area contributed by atoms with Gasteiger partial charge in [0.05, 0.1) is 11.6 Å². The first kappa shape index (κ1) is 20.7. The van der Waals surface area contributed by atoms with E-state index in [1.807, 2.05) is 24.3 Å². The zero-order valence-corrected chi connectivity index (χ0v) is 18.3. The van der Waals surface area contributed by atoms with Crippen molar-refractivity contribution in [2.75, 3.05) is 32.7 Å². The summed E-state index contributed by atoms with van der Waals surface area (Å²) in [5.41, 5.74) is 4.24. The highest BCUT2D eigenvalue weighted by atomic mass is 16.4. The van der Waals surface area contributed by atoms with Crippen LogP contribution in [-0.2, 0) is 6.54 Å². The van der Waals surface area contributed by atoms with E-state index in [9.17, 15) is 4.79 Å².